The number of hydrogen-bond acceptors (Lipinski definition) is 4. The third-order valence-corrected chi connectivity index (χ3v) is 4.22. The van der Waals surface area contributed by atoms with Crippen molar-refractivity contribution in [3.8, 4) is 5.75 Å². The third-order valence-electron chi connectivity index (χ3n) is 4.22. The summed E-state index contributed by atoms with van der Waals surface area (Å²) in [7, 11) is 2.01. The molecule has 1 atom stereocenters. The minimum atomic E-state index is -0.515. The highest BCUT2D eigenvalue weighted by molar-refractivity contribution is 5.27. The fourth-order valence-electron chi connectivity index (χ4n) is 2.80. The number of aliphatic hydroxyl groups is 1. The summed E-state index contributed by atoms with van der Waals surface area (Å²) in [5, 5.41) is 13.6. The Hall–Kier alpha value is -1.88. The van der Waals surface area contributed by atoms with Gasteiger partial charge in [0.1, 0.15) is 18.5 Å². The van der Waals surface area contributed by atoms with Crippen LogP contribution in [-0.4, -0.2) is 42.9 Å². The fraction of sp³-hybridized carbons (Fsp3) is 0.455. The van der Waals surface area contributed by atoms with Crippen LogP contribution < -0.4 is 10.1 Å². The zero-order valence-electron chi connectivity index (χ0n) is 16.0. The van der Waals surface area contributed by atoms with Crippen molar-refractivity contribution in [1.29, 1.82) is 0 Å². The summed E-state index contributed by atoms with van der Waals surface area (Å²) in [4.78, 5) is 2.11. The minimum absolute atomic E-state index is 0.299. The molecule has 0 radical (unpaired) electrons. The van der Waals surface area contributed by atoms with Crippen LogP contribution in [0, 0.1) is 0 Å². The highest BCUT2D eigenvalue weighted by atomic mass is 16.5. The lowest BCUT2D eigenvalue weighted by Crippen LogP contribution is -2.32. The Bertz CT molecular complexity index is 601. The van der Waals surface area contributed by atoms with E-state index in [0.717, 1.165) is 25.4 Å². The van der Waals surface area contributed by atoms with E-state index in [1.54, 1.807) is 0 Å². The molecule has 142 valence electrons. The second-order valence-electron chi connectivity index (χ2n) is 6.82. The topological polar surface area (TPSA) is 44.7 Å². The molecule has 0 aromatic heterocycles. The highest BCUT2D eigenvalue weighted by Crippen LogP contribution is 2.13. The summed E-state index contributed by atoms with van der Waals surface area (Å²) in [6, 6.07) is 18.4. The van der Waals surface area contributed by atoms with Gasteiger partial charge in [0.25, 0.3) is 0 Å². The first-order valence-corrected chi connectivity index (χ1v) is 9.50. The number of rotatable bonds is 12. The number of aliphatic hydroxyl groups excluding tert-OH is 1. The van der Waals surface area contributed by atoms with E-state index >= 15 is 0 Å². The Kier molecular flexibility index (Phi) is 9.18. The van der Waals surface area contributed by atoms with Gasteiger partial charge in [-0.25, -0.2) is 0 Å². The lowest BCUT2D eigenvalue weighted by atomic mass is 10.2. The average molecular weight is 357 g/mol. The van der Waals surface area contributed by atoms with Crippen molar-refractivity contribution in [3.05, 3.63) is 65.7 Å². The van der Waals surface area contributed by atoms with Gasteiger partial charge in [-0.15, -0.1) is 0 Å². The van der Waals surface area contributed by atoms with Crippen LogP contribution in [0.5, 0.6) is 5.75 Å². The second kappa shape index (κ2) is 11.7. The Balaban J connectivity index is 1.67. The van der Waals surface area contributed by atoms with Crippen LogP contribution in [0.2, 0.25) is 0 Å². The van der Waals surface area contributed by atoms with Crippen molar-refractivity contribution in [3.63, 3.8) is 0 Å². The second-order valence-corrected chi connectivity index (χ2v) is 6.82. The van der Waals surface area contributed by atoms with Gasteiger partial charge in [-0.3, -0.25) is 4.90 Å². The summed E-state index contributed by atoms with van der Waals surface area (Å²) in [6.07, 6.45) is 1.90. The Morgan fingerprint density at radius 3 is 2.46 bits per heavy atom. The van der Waals surface area contributed by atoms with Gasteiger partial charge in [0.05, 0.1) is 0 Å². The molecule has 4 heteroatoms. The molecule has 0 aliphatic heterocycles. The molecule has 1 unspecified atom stereocenters. The molecule has 0 aliphatic carbocycles. The molecule has 0 amide bonds. The largest absolute Gasteiger partial charge is 0.491 e. The summed E-state index contributed by atoms with van der Waals surface area (Å²) in [5.74, 6) is 0.798. The highest BCUT2D eigenvalue weighted by Gasteiger charge is 2.09. The summed E-state index contributed by atoms with van der Waals surface area (Å²) in [5.41, 5.74) is 2.49. The molecule has 0 bridgehead atoms. The molecule has 0 fully saturated rings. The Labute approximate surface area is 157 Å². The first-order chi connectivity index (χ1) is 12.7. The quantitative estimate of drug-likeness (QED) is 0.572. The molecular formula is C22H32N2O2. The van der Waals surface area contributed by atoms with Crippen LogP contribution in [0.15, 0.2) is 54.6 Å². The normalized spacial score (nSPS) is 12.3. The van der Waals surface area contributed by atoms with Crippen LogP contribution in [0.4, 0.5) is 0 Å². The Morgan fingerprint density at radius 2 is 1.77 bits per heavy atom. The van der Waals surface area contributed by atoms with Gasteiger partial charge in [0, 0.05) is 19.6 Å². The SMILES string of the molecule is CCCCNCc1ccc(OCC(O)CN(C)Cc2ccccc2)cc1. The molecule has 2 aromatic rings. The van der Waals surface area contributed by atoms with E-state index in [9.17, 15) is 5.11 Å². The molecule has 0 saturated heterocycles. The Morgan fingerprint density at radius 1 is 1.04 bits per heavy atom. The van der Waals surface area contributed by atoms with Crippen molar-refractivity contribution in [2.75, 3.05) is 26.7 Å². The number of ether oxygens (including phenoxy) is 1. The number of nitrogens with one attached hydrogen (secondary N) is 1. The minimum Gasteiger partial charge on any atom is -0.491 e. The van der Waals surface area contributed by atoms with Crippen molar-refractivity contribution >= 4 is 0 Å². The molecule has 2 N–H and O–H groups in total. The van der Waals surface area contributed by atoms with Gasteiger partial charge >= 0.3 is 0 Å². The van der Waals surface area contributed by atoms with Crippen LogP contribution in [0.25, 0.3) is 0 Å². The van der Waals surface area contributed by atoms with Crippen molar-refractivity contribution in [2.45, 2.75) is 39.0 Å². The number of hydrogen-bond donors (Lipinski definition) is 2. The molecule has 0 spiro atoms. The standard InChI is InChI=1S/C22H32N2O2/c1-3-4-14-23-15-19-10-12-22(13-11-19)26-18-21(25)17-24(2)16-20-8-6-5-7-9-20/h5-13,21,23,25H,3-4,14-18H2,1-2H3. The maximum absolute atomic E-state index is 10.2. The summed E-state index contributed by atoms with van der Waals surface area (Å²) in [6.45, 7) is 5.82. The molecule has 4 nitrogen and oxygen atoms in total. The van der Waals surface area contributed by atoms with Crippen molar-refractivity contribution in [2.24, 2.45) is 0 Å². The average Bonchev–Trinajstić information content (AvgIpc) is 2.65. The van der Waals surface area contributed by atoms with Crippen molar-refractivity contribution < 1.29 is 9.84 Å². The maximum Gasteiger partial charge on any atom is 0.119 e. The first-order valence-electron chi connectivity index (χ1n) is 9.50. The zero-order chi connectivity index (χ0) is 18.6. The van der Waals surface area contributed by atoms with E-state index in [0.29, 0.717) is 13.2 Å². The van der Waals surface area contributed by atoms with Crippen LogP contribution >= 0.6 is 0 Å². The smallest absolute Gasteiger partial charge is 0.119 e. The number of benzene rings is 2. The molecule has 2 aromatic carbocycles. The first kappa shape index (κ1) is 20.4. The van der Waals surface area contributed by atoms with E-state index < -0.39 is 6.10 Å². The number of unbranched alkanes of at least 4 members (excludes halogenated alkanes) is 1. The van der Waals surface area contributed by atoms with Gasteiger partial charge < -0.3 is 15.2 Å². The monoisotopic (exact) mass is 356 g/mol. The lowest BCUT2D eigenvalue weighted by Gasteiger charge is -2.21. The van der Waals surface area contributed by atoms with Crippen LogP contribution in [0.1, 0.15) is 30.9 Å². The van der Waals surface area contributed by atoms with E-state index in [2.05, 4.69) is 41.4 Å². The summed E-state index contributed by atoms with van der Waals surface area (Å²) >= 11 is 0. The van der Waals surface area contributed by atoms with Crippen LogP contribution in [-0.2, 0) is 13.1 Å². The van der Waals surface area contributed by atoms with Crippen LogP contribution in [0.3, 0.4) is 0 Å². The van der Waals surface area contributed by atoms with Gasteiger partial charge in [0.2, 0.25) is 0 Å². The molecular weight excluding hydrogens is 324 g/mol. The maximum atomic E-state index is 10.2. The van der Waals surface area contributed by atoms with Crippen molar-refractivity contribution in [1.82, 2.24) is 10.2 Å². The summed E-state index contributed by atoms with van der Waals surface area (Å²) < 4.78 is 5.72. The van der Waals surface area contributed by atoms with E-state index in [1.807, 2.05) is 37.4 Å². The number of nitrogens with zero attached hydrogens (tertiary/aromatic N) is 1. The van der Waals surface area contributed by atoms with Gasteiger partial charge in [0.15, 0.2) is 0 Å². The predicted molar refractivity (Wildman–Crippen MR) is 107 cm³/mol. The van der Waals surface area contributed by atoms with Gasteiger partial charge in [-0.05, 0) is 43.3 Å². The molecule has 0 aliphatic rings. The van der Waals surface area contributed by atoms with E-state index in [1.165, 1.54) is 24.0 Å². The van der Waals surface area contributed by atoms with Gasteiger partial charge in [-0.1, -0.05) is 55.8 Å². The molecule has 0 saturated carbocycles. The third kappa shape index (κ3) is 8.00. The molecule has 2 rings (SSSR count). The lowest BCUT2D eigenvalue weighted by molar-refractivity contribution is 0.0744. The predicted octanol–water partition coefficient (Wildman–Crippen LogP) is 3.45. The van der Waals surface area contributed by atoms with Gasteiger partial charge in [-0.2, -0.15) is 0 Å². The molecule has 0 heterocycles. The zero-order valence-corrected chi connectivity index (χ0v) is 16.0. The van der Waals surface area contributed by atoms with E-state index in [4.69, 9.17) is 4.74 Å². The van der Waals surface area contributed by atoms with E-state index in [-0.39, 0.29) is 0 Å². The molecule has 26 heavy (non-hydrogen) atoms. The number of likely N-dealkylation sites (N-methyl/N-ethyl adjacent to an activating group) is 1. The fourth-order valence-corrected chi connectivity index (χ4v) is 2.80.